The molecule has 2 aliphatic rings. The van der Waals surface area contributed by atoms with Gasteiger partial charge in [0.2, 0.25) is 5.43 Å². The first-order valence-electron chi connectivity index (χ1n) is 6.25. The lowest BCUT2D eigenvalue weighted by Gasteiger charge is -2.10. The number of rotatable bonds is 0. The third-order valence-corrected chi connectivity index (χ3v) is 3.91. The molecule has 0 aromatic carbocycles. The summed E-state index contributed by atoms with van der Waals surface area (Å²) in [7, 11) is 0. The van der Waals surface area contributed by atoms with Crippen molar-refractivity contribution in [1.29, 1.82) is 0 Å². The van der Waals surface area contributed by atoms with E-state index in [0.29, 0.717) is 27.9 Å². The summed E-state index contributed by atoms with van der Waals surface area (Å²) in [6.45, 7) is 0. The Balaban J connectivity index is 2.29. The van der Waals surface area contributed by atoms with E-state index in [9.17, 15) is 4.79 Å². The van der Waals surface area contributed by atoms with E-state index < -0.39 is 0 Å². The monoisotopic (exact) mass is 330 g/mol. The molecule has 0 radical (unpaired) electrons. The minimum absolute atomic E-state index is 0.0324. The summed E-state index contributed by atoms with van der Waals surface area (Å²) in [5, 5.41) is 0.760. The van der Waals surface area contributed by atoms with Gasteiger partial charge in [-0.2, -0.15) is 0 Å². The van der Waals surface area contributed by atoms with Gasteiger partial charge >= 0.3 is 0 Å². The molecule has 3 heterocycles. The zero-order valence-electron chi connectivity index (χ0n) is 10.9. The van der Waals surface area contributed by atoms with Crippen LogP contribution in [0.25, 0.3) is 33.3 Å². The molecule has 0 saturated carbocycles. The molecule has 2 aromatic rings. The third-order valence-electron chi connectivity index (χ3n) is 3.36. The summed E-state index contributed by atoms with van der Waals surface area (Å²) in [4.78, 5) is 22.8. The number of pyridine rings is 1. The van der Waals surface area contributed by atoms with Crippen molar-refractivity contribution >= 4 is 51.6 Å². The SMILES string of the molecule is Nc1nc(=S)[nH]c2c1ncc1cc3ccc(=O)c(Cl)c-3oc12. The third kappa shape index (κ3) is 1.79. The maximum atomic E-state index is 11.7. The van der Waals surface area contributed by atoms with E-state index in [4.69, 9.17) is 34.0 Å². The zero-order chi connectivity index (χ0) is 15.4. The molecule has 0 fully saturated rings. The lowest BCUT2D eigenvalue weighted by molar-refractivity contribution is 0.621. The fraction of sp³-hybridized carbons (Fsp3) is 0. The molecule has 2 aromatic heterocycles. The Morgan fingerprint density at radius 3 is 3.00 bits per heavy atom. The largest absolute Gasteiger partial charge is 0.452 e. The van der Waals surface area contributed by atoms with Gasteiger partial charge in [-0.05, 0) is 30.4 Å². The predicted octanol–water partition coefficient (Wildman–Crippen LogP) is 3.13. The standard InChI is InChI=1S/C14H7ClN4O2S/c15-8-7(20)2-1-5-3-6-4-17-10-9(12(6)21-11(5)8)18-14(22)19-13(10)16/h1-4H,(H3,16,18,19,22). The van der Waals surface area contributed by atoms with Gasteiger partial charge in [0.25, 0.3) is 0 Å². The number of aromatic nitrogens is 3. The van der Waals surface area contributed by atoms with E-state index >= 15 is 0 Å². The number of nitrogen functional groups attached to an aromatic ring is 1. The highest BCUT2D eigenvalue weighted by Crippen LogP contribution is 2.34. The van der Waals surface area contributed by atoms with E-state index in [0.717, 1.165) is 5.39 Å². The summed E-state index contributed by atoms with van der Waals surface area (Å²) < 4.78 is 6.07. The molecular formula is C14H7ClN4O2S. The van der Waals surface area contributed by atoms with Crippen molar-refractivity contribution in [2.45, 2.75) is 0 Å². The van der Waals surface area contributed by atoms with Crippen LogP contribution in [0, 0.1) is 4.77 Å². The highest BCUT2D eigenvalue weighted by Gasteiger charge is 2.16. The van der Waals surface area contributed by atoms with Gasteiger partial charge in [-0.3, -0.25) is 4.79 Å². The Morgan fingerprint density at radius 1 is 1.36 bits per heavy atom. The highest BCUT2D eigenvalue weighted by atomic mass is 35.5. The maximum Gasteiger partial charge on any atom is 0.201 e. The summed E-state index contributed by atoms with van der Waals surface area (Å²) in [6, 6.07) is 4.88. The average molecular weight is 331 g/mol. The van der Waals surface area contributed by atoms with Gasteiger partial charge in [-0.15, -0.1) is 0 Å². The van der Waals surface area contributed by atoms with Crippen molar-refractivity contribution in [2.75, 3.05) is 5.73 Å². The first-order valence-corrected chi connectivity index (χ1v) is 7.04. The number of hydrogen-bond donors (Lipinski definition) is 2. The number of hydrogen-bond acceptors (Lipinski definition) is 6. The number of aromatic amines is 1. The Morgan fingerprint density at radius 2 is 2.18 bits per heavy atom. The topological polar surface area (TPSA) is 97.8 Å². The Kier molecular flexibility index (Phi) is 2.69. The minimum Gasteiger partial charge on any atom is -0.452 e. The highest BCUT2D eigenvalue weighted by molar-refractivity contribution is 7.71. The summed E-state index contributed by atoms with van der Waals surface area (Å²) in [5.41, 5.74) is 7.67. The molecule has 0 spiro atoms. The normalized spacial score (nSPS) is 11.5. The van der Waals surface area contributed by atoms with Gasteiger partial charge in [-0.1, -0.05) is 11.6 Å². The number of anilines is 1. The van der Waals surface area contributed by atoms with Crippen LogP contribution in [0.15, 0.2) is 33.6 Å². The maximum absolute atomic E-state index is 11.7. The summed E-state index contributed by atoms with van der Waals surface area (Å²) >= 11 is 11.1. The second kappa shape index (κ2) is 4.49. The molecule has 3 N–H and O–H groups in total. The van der Waals surface area contributed by atoms with Crippen LogP contribution in [0.3, 0.4) is 0 Å². The molecule has 22 heavy (non-hydrogen) atoms. The quantitative estimate of drug-likeness (QED) is 0.292. The van der Waals surface area contributed by atoms with Crippen LogP contribution in [0.4, 0.5) is 5.82 Å². The van der Waals surface area contributed by atoms with Crippen molar-refractivity contribution in [3.8, 4) is 11.3 Å². The number of nitrogens with two attached hydrogens (primary N) is 1. The second-order valence-corrected chi connectivity index (χ2v) is 5.50. The van der Waals surface area contributed by atoms with Crippen molar-refractivity contribution in [1.82, 2.24) is 15.0 Å². The van der Waals surface area contributed by atoms with Gasteiger partial charge in [-0.25, -0.2) is 9.97 Å². The van der Waals surface area contributed by atoms with Gasteiger partial charge in [0, 0.05) is 17.1 Å². The summed E-state index contributed by atoms with van der Waals surface area (Å²) in [5.74, 6) is 0.517. The molecule has 1 aliphatic carbocycles. The van der Waals surface area contributed by atoms with Gasteiger partial charge < -0.3 is 15.1 Å². The molecule has 0 saturated heterocycles. The van der Waals surface area contributed by atoms with Crippen molar-refractivity contribution in [2.24, 2.45) is 0 Å². The smallest absolute Gasteiger partial charge is 0.201 e. The molecule has 6 nitrogen and oxygen atoms in total. The lowest BCUT2D eigenvalue weighted by Crippen LogP contribution is -2.02. The molecule has 8 heteroatoms. The van der Waals surface area contributed by atoms with E-state index in [2.05, 4.69) is 15.0 Å². The first-order chi connectivity index (χ1) is 10.5. The van der Waals surface area contributed by atoms with Crippen LogP contribution in [0.2, 0.25) is 5.02 Å². The Labute approximate surface area is 132 Å². The molecule has 0 bridgehead atoms. The molecule has 4 rings (SSSR count). The van der Waals surface area contributed by atoms with Crippen LogP contribution in [-0.2, 0) is 0 Å². The molecule has 1 aliphatic heterocycles. The van der Waals surface area contributed by atoms with Crippen molar-refractivity contribution < 1.29 is 4.42 Å². The van der Waals surface area contributed by atoms with E-state index in [1.165, 1.54) is 6.07 Å². The fourth-order valence-electron chi connectivity index (χ4n) is 2.37. The fourth-order valence-corrected chi connectivity index (χ4v) is 2.78. The van der Waals surface area contributed by atoms with Gasteiger partial charge in [0.1, 0.15) is 16.1 Å². The van der Waals surface area contributed by atoms with E-state index in [1.54, 1.807) is 12.3 Å². The van der Waals surface area contributed by atoms with Gasteiger partial charge in [0.15, 0.2) is 21.9 Å². The van der Waals surface area contributed by atoms with Crippen molar-refractivity contribution in [3.63, 3.8) is 0 Å². The van der Waals surface area contributed by atoms with Crippen LogP contribution >= 0.6 is 23.8 Å². The van der Waals surface area contributed by atoms with Gasteiger partial charge in [0.05, 0.1) is 0 Å². The van der Waals surface area contributed by atoms with Crippen molar-refractivity contribution in [3.05, 3.63) is 44.4 Å². The number of nitrogens with one attached hydrogen (secondary N) is 1. The second-order valence-electron chi connectivity index (χ2n) is 4.74. The number of H-pyrrole nitrogens is 1. The van der Waals surface area contributed by atoms with Crippen LogP contribution in [-0.4, -0.2) is 15.0 Å². The minimum atomic E-state index is -0.301. The number of fused-ring (bicyclic) bond motifs is 4. The van der Waals surface area contributed by atoms with Crippen LogP contribution in [0.1, 0.15) is 0 Å². The van der Waals surface area contributed by atoms with E-state index in [-0.39, 0.29) is 21.0 Å². The Hall–Kier alpha value is -2.51. The molecule has 0 amide bonds. The average Bonchev–Trinajstić information content (AvgIpc) is 2.49. The zero-order valence-corrected chi connectivity index (χ0v) is 12.5. The van der Waals surface area contributed by atoms with Crippen LogP contribution < -0.4 is 11.2 Å². The Bertz CT molecular complexity index is 1150. The van der Waals surface area contributed by atoms with Crippen LogP contribution in [0.5, 0.6) is 0 Å². The first kappa shape index (κ1) is 13.2. The summed E-state index contributed by atoms with van der Waals surface area (Å²) in [6.07, 6.45) is 1.62. The number of halogens is 1. The molecule has 108 valence electrons. The lowest BCUT2D eigenvalue weighted by atomic mass is 10.1. The number of nitrogens with zero attached hydrogens (tertiary/aromatic N) is 2. The molecule has 0 atom stereocenters. The van der Waals surface area contributed by atoms with E-state index in [1.807, 2.05) is 6.07 Å². The molecule has 0 unspecified atom stereocenters. The molecular weight excluding hydrogens is 324 g/mol. The number of benzene rings is 1. The predicted molar refractivity (Wildman–Crippen MR) is 86.8 cm³/mol.